The molecule has 15 nitrogen and oxygen atoms in total. The molecule has 6 rings (SSSR count). The van der Waals surface area contributed by atoms with Gasteiger partial charge in [-0.15, -0.1) is 0 Å². The van der Waals surface area contributed by atoms with E-state index >= 15 is 0 Å². The number of aromatic nitrogens is 1. The second kappa shape index (κ2) is 16.4. The molecule has 2 aliphatic carbocycles. The molecule has 1 saturated heterocycles. The minimum absolute atomic E-state index is 0.0894. The number of hydrogen-bond acceptors (Lipinski definition) is 11. The quantitative estimate of drug-likeness (QED) is 0.285. The van der Waals surface area contributed by atoms with Crippen LogP contribution < -0.4 is 24.8 Å². The summed E-state index contributed by atoms with van der Waals surface area (Å²) in [5.74, 6) is -3.37. The molecule has 0 unspecified atom stereocenters. The van der Waals surface area contributed by atoms with Crippen molar-refractivity contribution in [1.29, 1.82) is 0 Å². The van der Waals surface area contributed by atoms with Gasteiger partial charge in [0.15, 0.2) is 0 Å². The fourth-order valence-corrected chi connectivity index (χ4v) is 9.10. The van der Waals surface area contributed by atoms with E-state index in [1.54, 1.807) is 30.3 Å². The largest absolute Gasteiger partial charge is 0.494 e. The Bertz CT molecular complexity index is 2090. The summed E-state index contributed by atoms with van der Waals surface area (Å²) < 4.78 is 91.1. The Labute approximate surface area is 341 Å². The minimum atomic E-state index is -4.94. The first-order valence-electron chi connectivity index (χ1n) is 19.6. The maximum atomic E-state index is 14.9. The summed E-state index contributed by atoms with van der Waals surface area (Å²) in [5.41, 5.74) is -4.58. The van der Waals surface area contributed by atoms with Gasteiger partial charge in [0, 0.05) is 36.1 Å². The van der Waals surface area contributed by atoms with Crippen molar-refractivity contribution in [3.63, 3.8) is 0 Å². The fourth-order valence-electron chi connectivity index (χ4n) is 7.79. The van der Waals surface area contributed by atoms with Crippen molar-refractivity contribution in [3.8, 4) is 11.6 Å². The number of carbonyl (C=O) groups is 4. The van der Waals surface area contributed by atoms with Crippen LogP contribution in [-0.2, 0) is 33.9 Å². The van der Waals surface area contributed by atoms with Gasteiger partial charge in [-0.25, -0.2) is 18.2 Å². The van der Waals surface area contributed by atoms with Gasteiger partial charge in [0.25, 0.3) is 5.91 Å². The lowest BCUT2D eigenvalue weighted by atomic mass is 9.87. The van der Waals surface area contributed by atoms with Gasteiger partial charge in [-0.05, 0) is 71.3 Å². The van der Waals surface area contributed by atoms with Gasteiger partial charge in [-0.1, -0.05) is 37.3 Å². The first-order chi connectivity index (χ1) is 27.6. The van der Waals surface area contributed by atoms with E-state index in [0.29, 0.717) is 56.1 Å². The van der Waals surface area contributed by atoms with Crippen LogP contribution in [0.4, 0.5) is 18.0 Å². The third-order valence-electron chi connectivity index (χ3n) is 12.0. The molecule has 4 aliphatic rings. The standard InChI is InChI=1S/C40H52F3N5O10S/c1-23-11-7-8-12-25-19-39(25,35(51)47-59(53,54)38(4)15-16-38)46-32(49)29-18-26(57-33-28-14-10-9-13-27(28)30(56-6)20-44-33)21-48(29)34(50)31(24(17-23)22-55-5)45-36(52)58-37(2,3)40(41,42)43/h8-10,12-14,20,23-26,29,31H,7,11,15-19,21-22H2,1-6H3,(H,45,52)(H,46,49)(H,47,51)/t23-,24+,25-,26-,29+,31+,39-/m1/s1. The molecular formula is C40H52F3N5O10S. The van der Waals surface area contributed by atoms with Gasteiger partial charge in [0.2, 0.25) is 33.3 Å². The molecule has 7 atom stereocenters. The molecule has 1 aromatic heterocycles. The number of alkyl carbamates (subject to hydrolysis) is 1. The molecule has 324 valence electrons. The number of allylic oxidation sites excluding steroid dienone is 1. The van der Waals surface area contributed by atoms with E-state index in [4.69, 9.17) is 18.9 Å². The Balaban J connectivity index is 1.38. The van der Waals surface area contributed by atoms with Crippen molar-refractivity contribution < 1.29 is 59.7 Å². The predicted molar refractivity (Wildman–Crippen MR) is 208 cm³/mol. The molecule has 2 saturated carbocycles. The number of ether oxygens (including phenoxy) is 4. The van der Waals surface area contributed by atoms with Crippen LogP contribution >= 0.6 is 0 Å². The smallest absolute Gasteiger partial charge is 0.427 e. The topological polar surface area (TPSA) is 192 Å². The number of sulfonamides is 1. The van der Waals surface area contributed by atoms with Crippen LogP contribution in [0.1, 0.15) is 72.6 Å². The van der Waals surface area contributed by atoms with Crippen LogP contribution in [0.25, 0.3) is 10.8 Å². The minimum Gasteiger partial charge on any atom is -0.494 e. The lowest BCUT2D eigenvalue weighted by molar-refractivity contribution is -0.244. The molecule has 1 aromatic carbocycles. The van der Waals surface area contributed by atoms with Gasteiger partial charge in [0.1, 0.15) is 29.5 Å². The van der Waals surface area contributed by atoms with Gasteiger partial charge in [-0.3, -0.25) is 19.1 Å². The first-order valence-corrected chi connectivity index (χ1v) is 21.1. The van der Waals surface area contributed by atoms with E-state index in [2.05, 4.69) is 20.3 Å². The molecule has 0 spiro atoms. The van der Waals surface area contributed by atoms with Gasteiger partial charge in [0.05, 0.1) is 31.2 Å². The monoisotopic (exact) mass is 851 g/mol. The highest BCUT2D eigenvalue weighted by molar-refractivity contribution is 7.91. The van der Waals surface area contributed by atoms with Crippen LogP contribution in [0.3, 0.4) is 0 Å². The van der Waals surface area contributed by atoms with Crippen molar-refractivity contribution in [3.05, 3.63) is 42.6 Å². The molecule has 0 radical (unpaired) electrons. The van der Waals surface area contributed by atoms with E-state index in [-0.39, 0.29) is 44.2 Å². The number of carbonyl (C=O) groups excluding carboxylic acids is 4. The van der Waals surface area contributed by atoms with Crippen molar-refractivity contribution in [2.45, 2.75) is 113 Å². The van der Waals surface area contributed by atoms with Crippen molar-refractivity contribution in [1.82, 2.24) is 25.2 Å². The zero-order chi connectivity index (χ0) is 43.1. The summed E-state index contributed by atoms with van der Waals surface area (Å²) in [6, 6.07) is 4.24. The molecule has 19 heteroatoms. The van der Waals surface area contributed by atoms with Crippen LogP contribution in [0.5, 0.6) is 11.6 Å². The van der Waals surface area contributed by atoms with Crippen LogP contribution in [0.15, 0.2) is 42.6 Å². The molecular weight excluding hydrogens is 800 g/mol. The number of hydrogen-bond donors (Lipinski definition) is 3. The highest BCUT2D eigenvalue weighted by Gasteiger charge is 2.63. The zero-order valence-electron chi connectivity index (χ0n) is 33.9. The molecule has 59 heavy (non-hydrogen) atoms. The van der Waals surface area contributed by atoms with Gasteiger partial charge >= 0.3 is 12.3 Å². The summed E-state index contributed by atoms with van der Waals surface area (Å²) in [6.45, 7) is 4.47. The fraction of sp³-hybridized carbons (Fsp3) is 0.625. The Kier molecular flexibility index (Phi) is 12.2. The highest BCUT2D eigenvalue weighted by atomic mass is 32.2. The summed E-state index contributed by atoms with van der Waals surface area (Å²) in [7, 11) is -1.21. The molecule has 2 aromatic rings. The Morgan fingerprint density at radius 1 is 1.08 bits per heavy atom. The SMILES string of the molecule is COC[C@@H]1C[C@H](C)CCC=C[C@@H]2C[C@@]2(C(=O)NS(=O)(=O)C2(C)CC2)NC(=O)[C@@H]2C[C@@H](Oc3ncc(OC)c4ccccc34)CN2C(=O)[C@H]1NC(=O)OC(C)(C)C(F)(F)F. The zero-order valence-corrected chi connectivity index (χ0v) is 34.7. The third kappa shape index (κ3) is 9.10. The van der Waals surface area contributed by atoms with Crippen molar-refractivity contribution in [2.75, 3.05) is 27.4 Å². The molecule has 3 fully saturated rings. The van der Waals surface area contributed by atoms with E-state index in [1.807, 2.05) is 13.0 Å². The number of nitrogens with one attached hydrogen (secondary N) is 3. The number of nitrogens with zero attached hydrogens (tertiary/aromatic N) is 2. The lowest BCUT2D eigenvalue weighted by Crippen LogP contribution is -2.60. The van der Waals surface area contributed by atoms with Crippen molar-refractivity contribution in [2.24, 2.45) is 17.8 Å². The normalized spacial score (nSPS) is 28.6. The number of fused-ring (bicyclic) bond motifs is 3. The summed E-state index contributed by atoms with van der Waals surface area (Å²) in [4.78, 5) is 62.3. The summed E-state index contributed by atoms with van der Waals surface area (Å²) >= 11 is 0. The molecule has 3 heterocycles. The van der Waals surface area contributed by atoms with E-state index in [0.717, 1.165) is 0 Å². The molecule has 2 aliphatic heterocycles. The Morgan fingerprint density at radius 2 is 1.78 bits per heavy atom. The van der Waals surface area contributed by atoms with E-state index < -0.39 is 85.9 Å². The van der Waals surface area contributed by atoms with Crippen LogP contribution in [0, 0.1) is 17.8 Å². The third-order valence-corrected chi connectivity index (χ3v) is 14.1. The van der Waals surface area contributed by atoms with Crippen molar-refractivity contribution >= 4 is 44.6 Å². The number of rotatable bonds is 10. The average molecular weight is 852 g/mol. The lowest BCUT2D eigenvalue weighted by Gasteiger charge is -2.35. The first kappa shape index (κ1) is 43.9. The number of alkyl halides is 3. The Morgan fingerprint density at radius 3 is 2.42 bits per heavy atom. The van der Waals surface area contributed by atoms with E-state index in [1.165, 1.54) is 32.2 Å². The summed E-state index contributed by atoms with van der Waals surface area (Å²) in [6.07, 6.45) is -0.215. The van der Waals surface area contributed by atoms with Crippen LogP contribution in [0.2, 0.25) is 0 Å². The number of halogens is 3. The second-order valence-electron chi connectivity index (χ2n) is 16.9. The van der Waals surface area contributed by atoms with E-state index in [9.17, 15) is 40.8 Å². The highest BCUT2D eigenvalue weighted by Crippen LogP contribution is 2.48. The maximum absolute atomic E-state index is 14.9. The second-order valence-corrected chi connectivity index (χ2v) is 19.1. The number of benzene rings is 1. The van der Waals surface area contributed by atoms with Gasteiger partial charge in [-0.2, -0.15) is 13.2 Å². The molecule has 4 amide bonds. The molecule has 3 N–H and O–H groups in total. The molecule has 0 bridgehead atoms. The number of amides is 4. The number of methoxy groups -OCH3 is 2. The maximum Gasteiger partial charge on any atom is 0.427 e. The van der Waals surface area contributed by atoms with Gasteiger partial charge < -0.3 is 34.5 Å². The van der Waals surface area contributed by atoms with Crippen LogP contribution in [-0.4, -0.2) is 110 Å². The predicted octanol–water partition coefficient (Wildman–Crippen LogP) is 4.54. The average Bonchev–Trinajstić information content (AvgIpc) is 4.04. The number of pyridine rings is 1. The Hall–Kier alpha value is -4.65. The summed E-state index contributed by atoms with van der Waals surface area (Å²) in [5, 5.41) is 6.43.